The lowest BCUT2D eigenvalue weighted by Crippen LogP contribution is -2.07. The van der Waals surface area contributed by atoms with E-state index >= 15 is 0 Å². The SMILES string of the molecule is CCn1c(COC(C)C)cc2cc(Br)ccc21. The Morgan fingerprint density at radius 1 is 1.29 bits per heavy atom. The van der Waals surface area contributed by atoms with Gasteiger partial charge in [-0.3, -0.25) is 0 Å². The third-order valence-electron chi connectivity index (χ3n) is 2.83. The maximum atomic E-state index is 5.70. The predicted octanol–water partition coefficient (Wildman–Crippen LogP) is 4.35. The number of benzene rings is 1. The van der Waals surface area contributed by atoms with E-state index in [-0.39, 0.29) is 6.10 Å². The molecule has 1 aromatic carbocycles. The monoisotopic (exact) mass is 295 g/mol. The van der Waals surface area contributed by atoms with Gasteiger partial charge in [-0.05, 0) is 45.0 Å². The Bertz CT molecular complexity index is 516. The third-order valence-corrected chi connectivity index (χ3v) is 3.32. The van der Waals surface area contributed by atoms with Crippen molar-refractivity contribution in [1.82, 2.24) is 4.57 Å². The second-order valence-electron chi connectivity index (χ2n) is 4.44. The highest BCUT2D eigenvalue weighted by molar-refractivity contribution is 9.10. The van der Waals surface area contributed by atoms with Crippen molar-refractivity contribution in [1.29, 1.82) is 0 Å². The van der Waals surface area contributed by atoms with E-state index in [2.05, 4.69) is 65.5 Å². The quantitative estimate of drug-likeness (QED) is 0.818. The molecule has 2 rings (SSSR count). The molecule has 0 saturated carbocycles. The van der Waals surface area contributed by atoms with E-state index in [0.717, 1.165) is 11.0 Å². The van der Waals surface area contributed by atoms with Crippen molar-refractivity contribution >= 4 is 26.8 Å². The Morgan fingerprint density at radius 3 is 2.71 bits per heavy atom. The molecule has 0 unspecified atom stereocenters. The van der Waals surface area contributed by atoms with Gasteiger partial charge in [0, 0.05) is 27.6 Å². The van der Waals surface area contributed by atoms with Crippen LogP contribution in [0.5, 0.6) is 0 Å². The number of hydrogen-bond donors (Lipinski definition) is 0. The Balaban J connectivity index is 2.41. The first-order valence-corrected chi connectivity index (χ1v) is 6.80. The van der Waals surface area contributed by atoms with E-state index in [1.165, 1.54) is 16.6 Å². The fourth-order valence-electron chi connectivity index (χ4n) is 2.04. The lowest BCUT2D eigenvalue weighted by molar-refractivity contribution is 0.0620. The van der Waals surface area contributed by atoms with Crippen LogP contribution >= 0.6 is 15.9 Å². The van der Waals surface area contributed by atoms with E-state index in [1.807, 2.05) is 0 Å². The fraction of sp³-hybridized carbons (Fsp3) is 0.429. The van der Waals surface area contributed by atoms with Gasteiger partial charge in [0.2, 0.25) is 0 Å². The highest BCUT2D eigenvalue weighted by Crippen LogP contribution is 2.24. The molecule has 0 radical (unpaired) electrons. The Hall–Kier alpha value is -0.800. The zero-order valence-corrected chi connectivity index (χ0v) is 12.1. The first-order valence-electron chi connectivity index (χ1n) is 6.01. The Kier molecular flexibility index (Phi) is 3.89. The number of rotatable bonds is 4. The minimum atomic E-state index is 0.269. The number of halogens is 1. The van der Waals surface area contributed by atoms with Crippen molar-refractivity contribution in [2.45, 2.75) is 40.0 Å². The molecule has 3 heteroatoms. The Morgan fingerprint density at radius 2 is 2.06 bits per heavy atom. The third kappa shape index (κ3) is 2.72. The van der Waals surface area contributed by atoms with Crippen LogP contribution in [0.25, 0.3) is 10.9 Å². The first kappa shape index (κ1) is 12.7. The van der Waals surface area contributed by atoms with Gasteiger partial charge in [-0.25, -0.2) is 0 Å². The van der Waals surface area contributed by atoms with Crippen molar-refractivity contribution in [3.63, 3.8) is 0 Å². The average Bonchev–Trinajstić information content (AvgIpc) is 2.62. The van der Waals surface area contributed by atoms with E-state index in [1.54, 1.807) is 0 Å². The smallest absolute Gasteiger partial charge is 0.0871 e. The molecule has 0 saturated heterocycles. The van der Waals surface area contributed by atoms with Gasteiger partial charge in [-0.2, -0.15) is 0 Å². The molecule has 17 heavy (non-hydrogen) atoms. The summed E-state index contributed by atoms with van der Waals surface area (Å²) in [6.07, 6.45) is 0.269. The molecule has 0 atom stereocenters. The number of hydrogen-bond acceptors (Lipinski definition) is 1. The molecular weight excluding hydrogens is 278 g/mol. The molecule has 0 aliphatic rings. The second kappa shape index (κ2) is 5.23. The topological polar surface area (TPSA) is 14.2 Å². The molecule has 0 aliphatic carbocycles. The minimum absolute atomic E-state index is 0.269. The number of nitrogens with zero attached hydrogens (tertiary/aromatic N) is 1. The van der Waals surface area contributed by atoms with Gasteiger partial charge in [0.25, 0.3) is 0 Å². The maximum absolute atomic E-state index is 5.70. The van der Waals surface area contributed by atoms with Gasteiger partial charge in [0.15, 0.2) is 0 Å². The van der Waals surface area contributed by atoms with Crippen molar-refractivity contribution in [2.75, 3.05) is 0 Å². The normalized spacial score (nSPS) is 11.6. The van der Waals surface area contributed by atoms with Gasteiger partial charge in [-0.15, -0.1) is 0 Å². The zero-order valence-electron chi connectivity index (χ0n) is 10.5. The molecular formula is C14H18BrNO. The van der Waals surface area contributed by atoms with Crippen LogP contribution in [0.2, 0.25) is 0 Å². The lowest BCUT2D eigenvalue weighted by Gasteiger charge is -2.10. The van der Waals surface area contributed by atoms with Crippen LogP contribution in [0.1, 0.15) is 26.5 Å². The van der Waals surface area contributed by atoms with E-state index in [9.17, 15) is 0 Å². The van der Waals surface area contributed by atoms with Crippen LogP contribution in [0, 0.1) is 0 Å². The average molecular weight is 296 g/mol. The summed E-state index contributed by atoms with van der Waals surface area (Å²) in [5.41, 5.74) is 2.52. The van der Waals surface area contributed by atoms with E-state index in [4.69, 9.17) is 4.74 Å². The van der Waals surface area contributed by atoms with Gasteiger partial charge in [-0.1, -0.05) is 15.9 Å². The fourth-order valence-corrected chi connectivity index (χ4v) is 2.42. The summed E-state index contributed by atoms with van der Waals surface area (Å²) in [5.74, 6) is 0. The summed E-state index contributed by atoms with van der Waals surface area (Å²) in [7, 11) is 0. The molecule has 0 amide bonds. The maximum Gasteiger partial charge on any atom is 0.0871 e. The molecule has 1 aromatic heterocycles. The molecule has 0 N–H and O–H groups in total. The Labute approximate surface area is 111 Å². The van der Waals surface area contributed by atoms with E-state index in [0.29, 0.717) is 6.61 Å². The molecule has 0 aliphatic heterocycles. The van der Waals surface area contributed by atoms with Crippen molar-refractivity contribution in [3.8, 4) is 0 Å². The van der Waals surface area contributed by atoms with Crippen LogP contribution in [0.3, 0.4) is 0 Å². The summed E-state index contributed by atoms with van der Waals surface area (Å²) in [5, 5.41) is 1.27. The number of ether oxygens (including phenoxy) is 1. The molecule has 2 aromatic rings. The molecule has 2 nitrogen and oxygen atoms in total. The largest absolute Gasteiger partial charge is 0.373 e. The van der Waals surface area contributed by atoms with Gasteiger partial charge in [0.1, 0.15) is 0 Å². The van der Waals surface area contributed by atoms with Gasteiger partial charge in [0.05, 0.1) is 12.7 Å². The van der Waals surface area contributed by atoms with Crippen LogP contribution in [0.15, 0.2) is 28.7 Å². The predicted molar refractivity (Wildman–Crippen MR) is 75.2 cm³/mol. The van der Waals surface area contributed by atoms with Gasteiger partial charge < -0.3 is 9.30 Å². The highest BCUT2D eigenvalue weighted by atomic mass is 79.9. The number of aryl methyl sites for hydroxylation is 1. The minimum Gasteiger partial charge on any atom is -0.373 e. The second-order valence-corrected chi connectivity index (χ2v) is 5.36. The molecule has 0 fully saturated rings. The van der Waals surface area contributed by atoms with Crippen molar-refractivity contribution in [3.05, 3.63) is 34.4 Å². The van der Waals surface area contributed by atoms with Crippen molar-refractivity contribution < 1.29 is 4.74 Å². The zero-order chi connectivity index (χ0) is 12.4. The first-order chi connectivity index (χ1) is 8.11. The summed E-state index contributed by atoms with van der Waals surface area (Å²) >= 11 is 3.51. The van der Waals surface area contributed by atoms with Crippen LogP contribution < -0.4 is 0 Å². The highest BCUT2D eigenvalue weighted by Gasteiger charge is 2.08. The summed E-state index contributed by atoms with van der Waals surface area (Å²) < 4.78 is 9.13. The molecule has 1 heterocycles. The van der Waals surface area contributed by atoms with Gasteiger partial charge >= 0.3 is 0 Å². The van der Waals surface area contributed by atoms with Crippen LogP contribution in [0.4, 0.5) is 0 Å². The molecule has 0 spiro atoms. The summed E-state index contributed by atoms with van der Waals surface area (Å²) in [6.45, 7) is 7.95. The van der Waals surface area contributed by atoms with Crippen LogP contribution in [-0.4, -0.2) is 10.7 Å². The summed E-state index contributed by atoms with van der Waals surface area (Å²) in [6, 6.07) is 8.61. The van der Waals surface area contributed by atoms with Crippen LogP contribution in [-0.2, 0) is 17.9 Å². The number of aromatic nitrogens is 1. The number of fused-ring (bicyclic) bond motifs is 1. The van der Waals surface area contributed by atoms with Crippen molar-refractivity contribution in [2.24, 2.45) is 0 Å². The molecule has 92 valence electrons. The molecule has 0 bridgehead atoms. The standard InChI is InChI=1S/C14H18BrNO/c1-4-16-13(9-17-10(2)3)8-11-7-12(15)5-6-14(11)16/h5-8,10H,4,9H2,1-3H3. The lowest BCUT2D eigenvalue weighted by atomic mass is 10.2. The van der Waals surface area contributed by atoms with E-state index < -0.39 is 0 Å². The summed E-state index contributed by atoms with van der Waals surface area (Å²) in [4.78, 5) is 0.